The summed E-state index contributed by atoms with van der Waals surface area (Å²) < 4.78 is 38.8. The molecule has 0 bridgehead atoms. The first kappa shape index (κ1) is 15.3. The lowest BCUT2D eigenvalue weighted by Crippen LogP contribution is -2.34. The number of ether oxygens (including phenoxy) is 2. The zero-order valence-corrected chi connectivity index (χ0v) is 13.9. The molecule has 24 heavy (non-hydrogen) atoms. The van der Waals surface area contributed by atoms with E-state index in [-0.39, 0.29) is 4.90 Å². The van der Waals surface area contributed by atoms with E-state index in [0.717, 1.165) is 11.3 Å². The van der Waals surface area contributed by atoms with E-state index in [2.05, 4.69) is 5.32 Å². The minimum absolute atomic E-state index is 0.212. The van der Waals surface area contributed by atoms with E-state index in [1.807, 2.05) is 24.3 Å². The van der Waals surface area contributed by atoms with Crippen molar-refractivity contribution in [3.8, 4) is 11.5 Å². The van der Waals surface area contributed by atoms with Crippen molar-refractivity contribution in [1.29, 1.82) is 0 Å². The summed E-state index contributed by atoms with van der Waals surface area (Å²) in [5, 5.41) is 3.26. The number of rotatable bonds is 2. The van der Waals surface area contributed by atoms with Crippen molar-refractivity contribution in [3.05, 3.63) is 48.0 Å². The van der Waals surface area contributed by atoms with Crippen molar-refractivity contribution in [1.82, 2.24) is 5.32 Å². The van der Waals surface area contributed by atoms with Crippen LogP contribution in [0.15, 0.2) is 47.4 Å². The maximum Gasteiger partial charge on any atom is 0.264 e. The summed E-state index contributed by atoms with van der Waals surface area (Å²) in [7, 11) is -3.67. The van der Waals surface area contributed by atoms with Gasteiger partial charge in [0, 0.05) is 25.7 Å². The van der Waals surface area contributed by atoms with E-state index in [9.17, 15) is 8.42 Å². The molecule has 2 aromatic carbocycles. The first-order valence-corrected chi connectivity index (χ1v) is 9.31. The molecule has 4 rings (SSSR count). The summed E-state index contributed by atoms with van der Waals surface area (Å²) in [6.45, 7) is 2.53. The standard InChI is InChI=1S/C17H18N2O4S/c20-24(21,14-5-6-16-17(11-14)23-10-9-22-16)19-8-7-18-12-13-3-1-2-4-15(13)19/h1-6,11,18H,7-10,12H2. The van der Waals surface area contributed by atoms with E-state index in [4.69, 9.17) is 9.47 Å². The normalized spacial score (nSPS) is 17.1. The molecular formula is C17H18N2O4S. The smallest absolute Gasteiger partial charge is 0.264 e. The maximum absolute atomic E-state index is 13.2. The molecule has 0 amide bonds. The topological polar surface area (TPSA) is 67.9 Å². The first-order valence-electron chi connectivity index (χ1n) is 7.87. The molecule has 0 aliphatic carbocycles. The van der Waals surface area contributed by atoms with Gasteiger partial charge in [0.15, 0.2) is 11.5 Å². The number of para-hydroxylation sites is 1. The number of anilines is 1. The fourth-order valence-electron chi connectivity index (χ4n) is 2.99. The van der Waals surface area contributed by atoms with Crippen molar-refractivity contribution < 1.29 is 17.9 Å². The number of benzene rings is 2. The largest absolute Gasteiger partial charge is 0.486 e. The van der Waals surface area contributed by atoms with Gasteiger partial charge < -0.3 is 14.8 Å². The van der Waals surface area contributed by atoms with E-state index in [1.54, 1.807) is 18.2 Å². The van der Waals surface area contributed by atoms with E-state index >= 15 is 0 Å². The van der Waals surface area contributed by atoms with Crippen molar-refractivity contribution in [3.63, 3.8) is 0 Å². The molecule has 0 radical (unpaired) electrons. The fourth-order valence-corrected chi connectivity index (χ4v) is 4.51. The van der Waals surface area contributed by atoms with Crippen molar-refractivity contribution in [2.24, 2.45) is 0 Å². The second-order valence-corrected chi connectivity index (χ2v) is 7.55. The van der Waals surface area contributed by atoms with Gasteiger partial charge >= 0.3 is 0 Å². The number of fused-ring (bicyclic) bond motifs is 2. The second kappa shape index (κ2) is 5.99. The highest BCUT2D eigenvalue weighted by molar-refractivity contribution is 7.92. The Kier molecular flexibility index (Phi) is 3.82. The highest BCUT2D eigenvalue weighted by Gasteiger charge is 2.29. The molecule has 0 atom stereocenters. The maximum atomic E-state index is 13.2. The Balaban J connectivity index is 1.78. The van der Waals surface area contributed by atoms with Crippen LogP contribution in [0.1, 0.15) is 5.56 Å². The summed E-state index contributed by atoms with van der Waals surface area (Å²) in [6, 6.07) is 12.3. The van der Waals surface area contributed by atoms with Gasteiger partial charge in [-0.05, 0) is 23.8 Å². The van der Waals surface area contributed by atoms with Crippen LogP contribution in [0.4, 0.5) is 5.69 Å². The molecule has 0 unspecified atom stereocenters. The predicted molar refractivity (Wildman–Crippen MR) is 90.1 cm³/mol. The Morgan fingerprint density at radius 1 is 1.00 bits per heavy atom. The Labute approximate surface area is 141 Å². The fraction of sp³-hybridized carbons (Fsp3) is 0.294. The molecule has 0 spiro atoms. The SMILES string of the molecule is O=S(=O)(c1ccc2c(c1)OCCO2)N1CCNCc2ccccc21. The Hall–Kier alpha value is -2.25. The molecule has 6 nitrogen and oxygen atoms in total. The number of nitrogens with one attached hydrogen (secondary N) is 1. The number of nitrogens with zero attached hydrogens (tertiary/aromatic N) is 1. The van der Waals surface area contributed by atoms with Gasteiger partial charge in [-0.3, -0.25) is 4.31 Å². The molecule has 2 aliphatic heterocycles. The summed E-state index contributed by atoms with van der Waals surface area (Å²) in [4.78, 5) is 0.212. The van der Waals surface area contributed by atoms with Crippen LogP contribution in [0.25, 0.3) is 0 Å². The Bertz CT molecular complexity index is 867. The van der Waals surface area contributed by atoms with Crippen LogP contribution in [0, 0.1) is 0 Å². The van der Waals surface area contributed by atoms with Crippen molar-refractivity contribution in [2.45, 2.75) is 11.4 Å². The van der Waals surface area contributed by atoms with Crippen LogP contribution < -0.4 is 19.1 Å². The van der Waals surface area contributed by atoms with Crippen LogP contribution in [0.2, 0.25) is 0 Å². The van der Waals surface area contributed by atoms with Crippen LogP contribution in [0.3, 0.4) is 0 Å². The number of hydrogen-bond acceptors (Lipinski definition) is 5. The van der Waals surface area contributed by atoms with Crippen molar-refractivity contribution >= 4 is 15.7 Å². The summed E-state index contributed by atoms with van der Waals surface area (Å²) >= 11 is 0. The van der Waals surface area contributed by atoms with E-state index < -0.39 is 10.0 Å². The van der Waals surface area contributed by atoms with Gasteiger partial charge in [0.05, 0.1) is 10.6 Å². The predicted octanol–water partition coefficient (Wildman–Crippen LogP) is 1.76. The van der Waals surface area contributed by atoms with Gasteiger partial charge in [0.2, 0.25) is 0 Å². The second-order valence-electron chi connectivity index (χ2n) is 5.69. The highest BCUT2D eigenvalue weighted by Crippen LogP contribution is 2.35. The zero-order valence-electron chi connectivity index (χ0n) is 13.1. The van der Waals surface area contributed by atoms with Gasteiger partial charge in [0.1, 0.15) is 13.2 Å². The van der Waals surface area contributed by atoms with Crippen LogP contribution in [-0.2, 0) is 16.6 Å². The highest BCUT2D eigenvalue weighted by atomic mass is 32.2. The molecule has 0 fully saturated rings. The molecule has 0 saturated heterocycles. The van der Waals surface area contributed by atoms with Gasteiger partial charge in [-0.25, -0.2) is 8.42 Å². The van der Waals surface area contributed by atoms with E-state index in [1.165, 1.54) is 4.31 Å². The van der Waals surface area contributed by atoms with Crippen LogP contribution in [0.5, 0.6) is 11.5 Å². The zero-order chi connectivity index (χ0) is 16.6. The minimum atomic E-state index is -3.67. The molecule has 2 heterocycles. The lowest BCUT2D eigenvalue weighted by atomic mass is 10.2. The third-order valence-corrected chi connectivity index (χ3v) is 5.98. The number of sulfonamides is 1. The average Bonchev–Trinajstić information content (AvgIpc) is 2.84. The quantitative estimate of drug-likeness (QED) is 0.897. The summed E-state index contributed by atoms with van der Waals surface area (Å²) in [5.74, 6) is 1.06. The van der Waals surface area contributed by atoms with Crippen LogP contribution in [-0.4, -0.2) is 34.7 Å². The third-order valence-electron chi connectivity index (χ3n) is 4.17. The lowest BCUT2D eigenvalue weighted by Gasteiger charge is -2.25. The van der Waals surface area contributed by atoms with E-state index in [0.29, 0.717) is 44.3 Å². The number of hydrogen-bond donors (Lipinski definition) is 1. The lowest BCUT2D eigenvalue weighted by molar-refractivity contribution is 0.171. The Morgan fingerprint density at radius 2 is 1.79 bits per heavy atom. The molecule has 0 saturated carbocycles. The van der Waals surface area contributed by atoms with Gasteiger partial charge in [-0.15, -0.1) is 0 Å². The van der Waals surface area contributed by atoms with Crippen LogP contribution >= 0.6 is 0 Å². The monoisotopic (exact) mass is 346 g/mol. The first-order chi connectivity index (χ1) is 11.7. The summed E-state index contributed by atoms with van der Waals surface area (Å²) in [6.07, 6.45) is 0. The molecule has 0 aromatic heterocycles. The average molecular weight is 346 g/mol. The Morgan fingerprint density at radius 3 is 2.67 bits per heavy atom. The molecule has 7 heteroatoms. The molecule has 1 N–H and O–H groups in total. The molecule has 126 valence electrons. The third kappa shape index (κ3) is 2.59. The van der Waals surface area contributed by atoms with Gasteiger partial charge in [-0.2, -0.15) is 0 Å². The summed E-state index contributed by atoms with van der Waals surface area (Å²) in [5.41, 5.74) is 1.69. The molecule has 2 aromatic rings. The molecular weight excluding hydrogens is 328 g/mol. The minimum Gasteiger partial charge on any atom is -0.486 e. The van der Waals surface area contributed by atoms with Gasteiger partial charge in [0.25, 0.3) is 10.0 Å². The van der Waals surface area contributed by atoms with Gasteiger partial charge in [-0.1, -0.05) is 18.2 Å². The van der Waals surface area contributed by atoms with Crippen molar-refractivity contribution in [2.75, 3.05) is 30.6 Å². The molecule has 2 aliphatic rings.